The van der Waals surface area contributed by atoms with Gasteiger partial charge in [0, 0.05) is 25.2 Å². The number of nitrogens with one attached hydrogen (secondary N) is 1. The lowest BCUT2D eigenvalue weighted by atomic mass is 9.87. The number of carbonyl (C=O) groups excluding carboxylic acids is 1. The van der Waals surface area contributed by atoms with E-state index in [4.69, 9.17) is 0 Å². The van der Waals surface area contributed by atoms with Gasteiger partial charge in [0.05, 0.1) is 16.6 Å². The SMILES string of the molecule is CC(NC(=O)C1CCN(S(=O)(=O)c2ccc(C(C)(C)C)cc2)CC1)c1ccccn1. The van der Waals surface area contributed by atoms with Gasteiger partial charge in [0.15, 0.2) is 0 Å². The van der Waals surface area contributed by atoms with Gasteiger partial charge in [0.2, 0.25) is 15.9 Å². The highest BCUT2D eigenvalue weighted by Crippen LogP contribution is 2.27. The molecular weight excluding hydrogens is 398 g/mol. The molecule has 1 aromatic carbocycles. The van der Waals surface area contributed by atoms with E-state index in [1.54, 1.807) is 18.3 Å². The number of hydrogen-bond donors (Lipinski definition) is 1. The molecule has 30 heavy (non-hydrogen) atoms. The molecule has 1 saturated heterocycles. The van der Waals surface area contributed by atoms with E-state index in [1.165, 1.54) is 4.31 Å². The van der Waals surface area contributed by atoms with Crippen LogP contribution in [0.5, 0.6) is 0 Å². The highest BCUT2D eigenvalue weighted by molar-refractivity contribution is 7.89. The highest BCUT2D eigenvalue weighted by atomic mass is 32.2. The van der Waals surface area contributed by atoms with Crippen molar-refractivity contribution in [3.05, 3.63) is 59.9 Å². The van der Waals surface area contributed by atoms with Gasteiger partial charge in [0.25, 0.3) is 0 Å². The molecule has 0 saturated carbocycles. The lowest BCUT2D eigenvalue weighted by molar-refractivity contribution is -0.126. The largest absolute Gasteiger partial charge is 0.348 e. The predicted molar refractivity (Wildman–Crippen MR) is 117 cm³/mol. The maximum atomic E-state index is 13.0. The molecular formula is C23H31N3O3S. The number of pyridine rings is 1. The summed E-state index contributed by atoms with van der Waals surface area (Å²) >= 11 is 0. The second-order valence-electron chi connectivity index (χ2n) is 8.94. The maximum Gasteiger partial charge on any atom is 0.243 e. The molecule has 0 bridgehead atoms. The Balaban J connectivity index is 1.59. The quantitative estimate of drug-likeness (QED) is 0.787. The molecule has 2 aromatic rings. The lowest BCUT2D eigenvalue weighted by Crippen LogP contribution is -2.43. The van der Waals surface area contributed by atoms with Gasteiger partial charge in [-0.15, -0.1) is 0 Å². The monoisotopic (exact) mass is 429 g/mol. The summed E-state index contributed by atoms with van der Waals surface area (Å²) in [7, 11) is -3.55. The Morgan fingerprint density at radius 2 is 1.73 bits per heavy atom. The van der Waals surface area contributed by atoms with Crippen molar-refractivity contribution in [2.24, 2.45) is 5.92 Å². The summed E-state index contributed by atoms with van der Waals surface area (Å²) in [5, 5.41) is 3.00. The van der Waals surface area contributed by atoms with Gasteiger partial charge in [-0.3, -0.25) is 9.78 Å². The van der Waals surface area contributed by atoms with Crippen molar-refractivity contribution in [1.82, 2.24) is 14.6 Å². The first-order valence-electron chi connectivity index (χ1n) is 10.4. The summed E-state index contributed by atoms with van der Waals surface area (Å²) in [6.07, 6.45) is 2.73. The predicted octanol–water partition coefficient (Wildman–Crippen LogP) is 3.66. The van der Waals surface area contributed by atoms with Crippen LogP contribution in [0.2, 0.25) is 0 Å². The van der Waals surface area contributed by atoms with Crippen LogP contribution in [-0.4, -0.2) is 36.7 Å². The summed E-state index contributed by atoms with van der Waals surface area (Å²) < 4.78 is 27.5. The van der Waals surface area contributed by atoms with Gasteiger partial charge in [-0.05, 0) is 55.0 Å². The van der Waals surface area contributed by atoms with Gasteiger partial charge >= 0.3 is 0 Å². The average molecular weight is 430 g/mol. The summed E-state index contributed by atoms with van der Waals surface area (Å²) in [6.45, 7) is 8.89. The average Bonchev–Trinajstić information content (AvgIpc) is 2.74. The van der Waals surface area contributed by atoms with Crippen LogP contribution < -0.4 is 5.32 Å². The first-order chi connectivity index (χ1) is 14.1. The molecule has 7 heteroatoms. The standard InChI is InChI=1S/C23H31N3O3S/c1-17(21-7-5-6-14-24-21)25-22(27)18-12-15-26(16-13-18)30(28,29)20-10-8-19(9-11-20)23(2,3)4/h5-11,14,17-18H,12-13,15-16H2,1-4H3,(H,25,27). The molecule has 1 atom stereocenters. The Kier molecular flexibility index (Phi) is 6.62. The summed E-state index contributed by atoms with van der Waals surface area (Å²) in [5.74, 6) is -0.231. The van der Waals surface area contributed by atoms with Crippen LogP contribution in [-0.2, 0) is 20.2 Å². The van der Waals surface area contributed by atoms with Crippen LogP contribution in [0.1, 0.15) is 57.8 Å². The molecule has 6 nitrogen and oxygen atoms in total. The Morgan fingerprint density at radius 1 is 1.10 bits per heavy atom. The Bertz CT molecular complexity index is 959. The number of carbonyl (C=O) groups is 1. The van der Waals surface area contributed by atoms with Gasteiger partial charge < -0.3 is 5.32 Å². The number of sulfonamides is 1. The molecule has 0 radical (unpaired) electrons. The van der Waals surface area contributed by atoms with Crippen LogP contribution >= 0.6 is 0 Å². The Hall–Kier alpha value is -2.25. The van der Waals surface area contributed by atoms with Gasteiger partial charge in [-0.1, -0.05) is 39.0 Å². The highest BCUT2D eigenvalue weighted by Gasteiger charge is 2.32. The van der Waals surface area contributed by atoms with Crippen LogP contribution in [0.25, 0.3) is 0 Å². The minimum atomic E-state index is -3.55. The van der Waals surface area contributed by atoms with Crippen molar-refractivity contribution >= 4 is 15.9 Å². The van der Waals surface area contributed by atoms with Crippen LogP contribution in [0.4, 0.5) is 0 Å². The number of hydrogen-bond acceptors (Lipinski definition) is 4. The van der Waals surface area contributed by atoms with E-state index in [9.17, 15) is 13.2 Å². The zero-order valence-corrected chi connectivity index (χ0v) is 18.9. The molecule has 1 fully saturated rings. The molecule has 1 aromatic heterocycles. The van der Waals surface area contributed by atoms with Crippen LogP contribution in [0.15, 0.2) is 53.6 Å². The summed E-state index contributed by atoms with van der Waals surface area (Å²) in [5.41, 5.74) is 1.88. The zero-order chi connectivity index (χ0) is 21.9. The number of piperidine rings is 1. The molecule has 1 N–H and O–H groups in total. The van der Waals surface area contributed by atoms with Crippen molar-refractivity contribution in [2.75, 3.05) is 13.1 Å². The third-order valence-corrected chi connectivity index (χ3v) is 7.59. The Morgan fingerprint density at radius 3 is 2.27 bits per heavy atom. The van der Waals surface area contributed by atoms with Crippen molar-refractivity contribution in [3.8, 4) is 0 Å². The van der Waals surface area contributed by atoms with Gasteiger partial charge in [0.1, 0.15) is 0 Å². The first-order valence-corrected chi connectivity index (χ1v) is 11.8. The molecule has 2 heterocycles. The number of nitrogens with zero attached hydrogens (tertiary/aromatic N) is 2. The summed E-state index contributed by atoms with van der Waals surface area (Å²) in [6, 6.07) is 12.6. The lowest BCUT2D eigenvalue weighted by Gasteiger charge is -2.31. The van der Waals surface area contributed by atoms with Crippen molar-refractivity contribution in [3.63, 3.8) is 0 Å². The molecule has 3 rings (SSSR count). The van der Waals surface area contributed by atoms with Crippen molar-refractivity contribution < 1.29 is 13.2 Å². The van der Waals surface area contributed by atoms with Crippen LogP contribution in [0.3, 0.4) is 0 Å². The normalized spacial score (nSPS) is 17.5. The zero-order valence-electron chi connectivity index (χ0n) is 18.1. The molecule has 162 valence electrons. The minimum absolute atomic E-state index is 0.0274. The smallest absolute Gasteiger partial charge is 0.243 e. The van der Waals surface area contributed by atoms with Gasteiger partial charge in [-0.2, -0.15) is 4.31 Å². The van der Waals surface area contributed by atoms with Gasteiger partial charge in [-0.25, -0.2) is 8.42 Å². The molecule has 1 aliphatic rings. The van der Waals surface area contributed by atoms with E-state index >= 15 is 0 Å². The van der Waals surface area contributed by atoms with E-state index in [2.05, 4.69) is 31.1 Å². The molecule has 1 amide bonds. The fourth-order valence-corrected chi connectivity index (χ4v) is 5.14. The number of aromatic nitrogens is 1. The third-order valence-electron chi connectivity index (χ3n) is 5.67. The van der Waals surface area contributed by atoms with Crippen LogP contribution in [0, 0.1) is 5.92 Å². The van der Waals surface area contributed by atoms with E-state index in [0.29, 0.717) is 30.8 Å². The number of benzene rings is 1. The fourth-order valence-electron chi connectivity index (χ4n) is 3.67. The first kappa shape index (κ1) is 22.4. The second kappa shape index (κ2) is 8.86. The molecule has 1 aliphatic heterocycles. The van der Waals surface area contributed by atoms with E-state index in [0.717, 1.165) is 11.3 Å². The number of rotatable bonds is 5. The Labute approximate surface area is 179 Å². The van der Waals surface area contributed by atoms with Crippen molar-refractivity contribution in [2.45, 2.75) is 56.9 Å². The fraction of sp³-hybridized carbons (Fsp3) is 0.478. The molecule has 1 unspecified atom stereocenters. The molecule has 0 aliphatic carbocycles. The number of amides is 1. The summed E-state index contributed by atoms with van der Waals surface area (Å²) in [4.78, 5) is 17.2. The minimum Gasteiger partial charge on any atom is -0.348 e. The topological polar surface area (TPSA) is 79.4 Å². The van der Waals surface area contributed by atoms with E-state index in [1.807, 2.05) is 37.3 Å². The molecule has 0 spiro atoms. The maximum absolute atomic E-state index is 13.0. The van der Waals surface area contributed by atoms with E-state index in [-0.39, 0.29) is 23.3 Å². The third kappa shape index (κ3) is 5.08. The second-order valence-corrected chi connectivity index (χ2v) is 10.9. The van der Waals surface area contributed by atoms with E-state index < -0.39 is 10.0 Å². The van der Waals surface area contributed by atoms with Crippen molar-refractivity contribution in [1.29, 1.82) is 0 Å².